The normalized spacial score (nSPS) is 12.4. The predicted octanol–water partition coefficient (Wildman–Crippen LogP) is 3.86. The number of hydrogen-bond acceptors (Lipinski definition) is 7. The van der Waals surface area contributed by atoms with Crippen LogP contribution in [0.3, 0.4) is 0 Å². The van der Waals surface area contributed by atoms with Gasteiger partial charge >= 0.3 is 0 Å². The van der Waals surface area contributed by atoms with Crippen LogP contribution in [0.4, 0.5) is 11.4 Å². The second-order valence-corrected chi connectivity index (χ2v) is 11.9. The number of amides is 2. The van der Waals surface area contributed by atoms with E-state index >= 15 is 0 Å². The number of aromatic nitrogens is 2. The molecule has 10 nitrogen and oxygen atoms in total. The van der Waals surface area contributed by atoms with E-state index in [4.69, 9.17) is 0 Å². The standard InChI is InChI=1S/C26H27N5O5S2/c1-5-20(23(32)28-18-11-13-19(14-12-18)38(35,36)30(3)4)31-15-27-25-21(26(31)34)16(2)22(37-25)24(33)29-17-9-7-6-8-10-17/h6-15,20H,5H2,1-4H3,(H,28,32)(H,29,33). The Hall–Kier alpha value is -3.87. The van der Waals surface area contributed by atoms with E-state index in [2.05, 4.69) is 15.6 Å². The van der Waals surface area contributed by atoms with Crippen LogP contribution in [0.25, 0.3) is 10.2 Å². The van der Waals surface area contributed by atoms with Crippen LogP contribution in [0.5, 0.6) is 0 Å². The monoisotopic (exact) mass is 553 g/mol. The van der Waals surface area contributed by atoms with Gasteiger partial charge in [0.1, 0.15) is 10.9 Å². The van der Waals surface area contributed by atoms with E-state index in [1.807, 2.05) is 18.2 Å². The van der Waals surface area contributed by atoms with Gasteiger partial charge in [0.25, 0.3) is 11.5 Å². The summed E-state index contributed by atoms with van der Waals surface area (Å²) in [6.07, 6.45) is 1.62. The van der Waals surface area contributed by atoms with Crippen LogP contribution in [-0.4, -0.2) is 48.2 Å². The molecule has 2 aromatic heterocycles. The van der Waals surface area contributed by atoms with Crippen molar-refractivity contribution >= 4 is 54.8 Å². The molecule has 0 saturated heterocycles. The van der Waals surface area contributed by atoms with Crippen molar-refractivity contribution in [2.24, 2.45) is 0 Å². The van der Waals surface area contributed by atoms with Gasteiger partial charge in [-0.1, -0.05) is 25.1 Å². The molecule has 2 N–H and O–H groups in total. The van der Waals surface area contributed by atoms with Gasteiger partial charge in [0, 0.05) is 25.5 Å². The number of nitrogens with zero attached hydrogens (tertiary/aromatic N) is 3. The van der Waals surface area contributed by atoms with Gasteiger partial charge in [0.2, 0.25) is 15.9 Å². The van der Waals surface area contributed by atoms with Gasteiger partial charge in [-0.3, -0.25) is 19.0 Å². The van der Waals surface area contributed by atoms with Crippen molar-refractivity contribution in [2.75, 3.05) is 24.7 Å². The highest BCUT2D eigenvalue weighted by Crippen LogP contribution is 2.28. The number of nitrogens with one attached hydrogen (secondary N) is 2. The minimum atomic E-state index is -3.60. The Bertz CT molecular complexity index is 1660. The first-order valence-electron chi connectivity index (χ1n) is 11.7. The lowest BCUT2D eigenvalue weighted by molar-refractivity contribution is -0.119. The highest BCUT2D eigenvalue weighted by atomic mass is 32.2. The molecule has 0 aliphatic carbocycles. The summed E-state index contributed by atoms with van der Waals surface area (Å²) in [5.41, 5.74) is 1.10. The Labute approximate surface area is 224 Å². The first-order valence-corrected chi connectivity index (χ1v) is 14.0. The molecule has 2 heterocycles. The van der Waals surface area contributed by atoms with Crippen LogP contribution in [-0.2, 0) is 14.8 Å². The summed E-state index contributed by atoms with van der Waals surface area (Å²) in [7, 11) is -0.724. The third-order valence-corrected chi connectivity index (χ3v) is 9.07. The number of carbonyl (C=O) groups is 2. The largest absolute Gasteiger partial charge is 0.324 e. The molecular formula is C26H27N5O5S2. The lowest BCUT2D eigenvalue weighted by Crippen LogP contribution is -2.33. The Morgan fingerprint density at radius 1 is 1.03 bits per heavy atom. The summed E-state index contributed by atoms with van der Waals surface area (Å²) >= 11 is 1.12. The first kappa shape index (κ1) is 27.2. The van der Waals surface area contributed by atoms with Crippen LogP contribution in [0.2, 0.25) is 0 Å². The number of sulfonamides is 1. The first-order chi connectivity index (χ1) is 18.0. The molecule has 0 spiro atoms. The fraction of sp³-hybridized carbons (Fsp3) is 0.231. The van der Waals surface area contributed by atoms with E-state index in [1.54, 1.807) is 26.0 Å². The van der Waals surface area contributed by atoms with E-state index in [9.17, 15) is 22.8 Å². The Kier molecular flexibility index (Phi) is 7.76. The van der Waals surface area contributed by atoms with Gasteiger partial charge in [0.05, 0.1) is 21.5 Å². The second-order valence-electron chi connectivity index (χ2n) is 8.74. The number of rotatable bonds is 8. The number of aryl methyl sites for hydroxylation is 1. The van der Waals surface area contributed by atoms with Crippen LogP contribution >= 0.6 is 11.3 Å². The van der Waals surface area contributed by atoms with Crippen LogP contribution < -0.4 is 16.2 Å². The molecule has 0 bridgehead atoms. The third-order valence-electron chi connectivity index (χ3n) is 6.04. The van der Waals surface area contributed by atoms with Gasteiger partial charge in [-0.25, -0.2) is 17.7 Å². The summed E-state index contributed by atoms with van der Waals surface area (Å²) in [5, 5.41) is 5.86. The van der Waals surface area contributed by atoms with Gasteiger partial charge in [0.15, 0.2) is 0 Å². The lowest BCUT2D eigenvalue weighted by atomic mass is 10.1. The molecular weight excluding hydrogens is 526 g/mol. The maximum Gasteiger partial charge on any atom is 0.266 e. The fourth-order valence-electron chi connectivity index (χ4n) is 3.94. The smallest absolute Gasteiger partial charge is 0.266 e. The number of benzene rings is 2. The van der Waals surface area contributed by atoms with Crippen molar-refractivity contribution in [1.82, 2.24) is 13.9 Å². The van der Waals surface area contributed by atoms with Crippen molar-refractivity contribution in [3.8, 4) is 0 Å². The molecule has 2 aromatic carbocycles. The Morgan fingerprint density at radius 2 is 1.66 bits per heavy atom. The van der Waals surface area contributed by atoms with E-state index in [0.717, 1.165) is 15.6 Å². The molecule has 1 atom stereocenters. The lowest BCUT2D eigenvalue weighted by Gasteiger charge is -2.18. The molecule has 38 heavy (non-hydrogen) atoms. The van der Waals surface area contributed by atoms with E-state index in [1.165, 1.54) is 49.3 Å². The van der Waals surface area contributed by atoms with Crippen molar-refractivity contribution < 1.29 is 18.0 Å². The number of anilines is 2. The highest BCUT2D eigenvalue weighted by molar-refractivity contribution is 7.89. The number of carbonyl (C=O) groups excluding carboxylic acids is 2. The van der Waals surface area contributed by atoms with Gasteiger partial charge in [-0.2, -0.15) is 0 Å². The van der Waals surface area contributed by atoms with Crippen LogP contribution in [0.1, 0.15) is 34.6 Å². The van der Waals surface area contributed by atoms with E-state index < -0.39 is 27.5 Å². The van der Waals surface area contributed by atoms with Crippen molar-refractivity contribution in [1.29, 1.82) is 0 Å². The molecule has 0 fully saturated rings. The van der Waals surface area contributed by atoms with Crippen molar-refractivity contribution in [3.63, 3.8) is 0 Å². The maximum absolute atomic E-state index is 13.5. The number of para-hydroxylation sites is 1. The van der Waals surface area contributed by atoms with Crippen LogP contribution in [0, 0.1) is 6.92 Å². The van der Waals surface area contributed by atoms with E-state index in [0.29, 0.717) is 38.5 Å². The summed E-state index contributed by atoms with van der Waals surface area (Å²) in [5.74, 6) is -0.791. The Morgan fingerprint density at radius 3 is 2.26 bits per heavy atom. The zero-order valence-corrected chi connectivity index (χ0v) is 22.9. The molecule has 0 saturated carbocycles. The minimum Gasteiger partial charge on any atom is -0.324 e. The average molecular weight is 554 g/mol. The molecule has 0 aliphatic heterocycles. The summed E-state index contributed by atoms with van der Waals surface area (Å²) in [4.78, 5) is 44.7. The quantitative estimate of drug-likeness (QED) is 0.341. The molecule has 1 unspecified atom stereocenters. The molecule has 0 radical (unpaired) electrons. The van der Waals surface area contributed by atoms with Gasteiger partial charge in [-0.05, 0) is 55.3 Å². The molecule has 2 amide bonds. The predicted molar refractivity (Wildman–Crippen MR) is 148 cm³/mol. The molecule has 4 aromatic rings. The summed E-state index contributed by atoms with van der Waals surface area (Å²) < 4.78 is 26.9. The zero-order chi connectivity index (χ0) is 27.6. The third kappa shape index (κ3) is 5.23. The summed E-state index contributed by atoms with van der Waals surface area (Å²) in [6.45, 7) is 3.46. The van der Waals surface area contributed by atoms with Crippen molar-refractivity contribution in [2.45, 2.75) is 31.2 Å². The molecule has 0 aliphatic rings. The molecule has 12 heteroatoms. The average Bonchev–Trinajstić information content (AvgIpc) is 3.23. The van der Waals surface area contributed by atoms with Crippen molar-refractivity contribution in [3.05, 3.63) is 81.7 Å². The number of thiophene rings is 1. The SMILES string of the molecule is CCC(C(=O)Nc1ccc(S(=O)(=O)N(C)C)cc1)n1cnc2sc(C(=O)Nc3ccccc3)c(C)c2c1=O. The maximum atomic E-state index is 13.5. The van der Waals surface area contributed by atoms with Gasteiger partial charge < -0.3 is 10.6 Å². The fourth-order valence-corrected chi connectivity index (χ4v) is 5.88. The topological polar surface area (TPSA) is 130 Å². The number of fused-ring (bicyclic) bond motifs is 1. The molecule has 4 rings (SSSR count). The van der Waals surface area contributed by atoms with Crippen LogP contribution in [0.15, 0.2) is 70.6 Å². The second kappa shape index (κ2) is 10.9. The molecule has 198 valence electrons. The van der Waals surface area contributed by atoms with E-state index in [-0.39, 0.29) is 10.8 Å². The minimum absolute atomic E-state index is 0.0958. The summed E-state index contributed by atoms with van der Waals surface area (Å²) in [6, 6.07) is 13.9. The zero-order valence-electron chi connectivity index (χ0n) is 21.3. The van der Waals surface area contributed by atoms with Gasteiger partial charge in [-0.15, -0.1) is 11.3 Å². The number of hydrogen-bond donors (Lipinski definition) is 2. The highest BCUT2D eigenvalue weighted by Gasteiger charge is 2.25. The Balaban J connectivity index is 1.60.